The fraction of sp³-hybridized carbons (Fsp3) is 0.357. The Morgan fingerprint density at radius 3 is 2.65 bits per heavy atom. The Balaban J connectivity index is 2.39. The average molecular weight is 275 g/mol. The number of nitrogens with zero attached hydrogens (tertiary/aromatic N) is 3. The predicted octanol–water partition coefficient (Wildman–Crippen LogP) is 2.97. The highest BCUT2D eigenvalue weighted by Gasteiger charge is 2.18. The van der Waals surface area contributed by atoms with E-state index in [-0.39, 0.29) is 17.5 Å². The topological polar surface area (TPSA) is 77.2 Å². The molecule has 0 spiro atoms. The molecule has 0 radical (unpaired) electrons. The number of carboxylic acids is 1. The van der Waals surface area contributed by atoms with Gasteiger partial charge in [-0.1, -0.05) is 0 Å². The van der Waals surface area contributed by atoms with Gasteiger partial charge in [-0.3, -0.25) is 4.68 Å². The monoisotopic (exact) mass is 275 g/mol. The van der Waals surface area contributed by atoms with Gasteiger partial charge in [0.1, 0.15) is 5.56 Å². The fourth-order valence-electron chi connectivity index (χ4n) is 1.90. The van der Waals surface area contributed by atoms with Crippen LogP contribution in [0.5, 0.6) is 11.6 Å². The Morgan fingerprint density at radius 2 is 2.10 bits per heavy atom. The van der Waals surface area contributed by atoms with Crippen LogP contribution in [0.4, 0.5) is 0 Å². The van der Waals surface area contributed by atoms with Crippen LogP contribution in [0, 0.1) is 13.8 Å². The first-order chi connectivity index (χ1) is 9.38. The van der Waals surface area contributed by atoms with Crippen molar-refractivity contribution in [2.24, 2.45) is 0 Å². The van der Waals surface area contributed by atoms with Crippen molar-refractivity contribution in [2.75, 3.05) is 0 Å². The van der Waals surface area contributed by atoms with Gasteiger partial charge in [-0.25, -0.2) is 9.78 Å². The molecular formula is C14H17N3O3. The molecule has 0 aliphatic carbocycles. The van der Waals surface area contributed by atoms with Crippen molar-refractivity contribution >= 4 is 5.97 Å². The fourth-order valence-corrected chi connectivity index (χ4v) is 1.90. The summed E-state index contributed by atoms with van der Waals surface area (Å²) in [4.78, 5) is 15.5. The van der Waals surface area contributed by atoms with E-state index >= 15 is 0 Å². The van der Waals surface area contributed by atoms with E-state index in [1.807, 2.05) is 13.8 Å². The van der Waals surface area contributed by atoms with E-state index < -0.39 is 5.97 Å². The minimum absolute atomic E-state index is 0.0768. The highest BCUT2D eigenvalue weighted by molar-refractivity contribution is 5.92. The third kappa shape index (κ3) is 2.79. The van der Waals surface area contributed by atoms with E-state index in [2.05, 4.69) is 10.1 Å². The maximum Gasteiger partial charge on any atom is 0.341 e. The molecule has 6 heteroatoms. The zero-order valence-electron chi connectivity index (χ0n) is 11.9. The Morgan fingerprint density at radius 1 is 1.40 bits per heavy atom. The van der Waals surface area contributed by atoms with E-state index in [1.54, 1.807) is 37.0 Å². The van der Waals surface area contributed by atoms with E-state index in [0.29, 0.717) is 17.0 Å². The number of hydrogen-bond acceptors (Lipinski definition) is 4. The smallest absolute Gasteiger partial charge is 0.341 e. The number of ether oxygens (including phenoxy) is 1. The summed E-state index contributed by atoms with van der Waals surface area (Å²) in [5, 5.41) is 13.4. The number of aryl methyl sites for hydroxylation is 2. The van der Waals surface area contributed by atoms with Crippen molar-refractivity contribution < 1.29 is 14.6 Å². The van der Waals surface area contributed by atoms with E-state index in [0.717, 1.165) is 0 Å². The highest BCUT2D eigenvalue weighted by atomic mass is 16.5. The van der Waals surface area contributed by atoms with Gasteiger partial charge < -0.3 is 9.84 Å². The molecule has 106 valence electrons. The summed E-state index contributed by atoms with van der Waals surface area (Å²) >= 11 is 0. The molecule has 2 rings (SSSR count). The second kappa shape index (κ2) is 5.32. The molecule has 0 fully saturated rings. The van der Waals surface area contributed by atoms with Crippen molar-refractivity contribution in [3.8, 4) is 11.6 Å². The number of rotatable bonds is 4. The van der Waals surface area contributed by atoms with Crippen molar-refractivity contribution in [3.05, 3.63) is 35.3 Å². The van der Waals surface area contributed by atoms with Gasteiger partial charge in [-0.2, -0.15) is 5.10 Å². The lowest BCUT2D eigenvalue weighted by molar-refractivity contribution is 0.0692. The molecule has 2 aromatic heterocycles. The number of carbonyl (C=O) groups is 1. The SMILES string of the molecule is Cc1cc(C)c(C(=O)O)c(Oc2cnn(C(C)C)c2)n1. The minimum Gasteiger partial charge on any atom is -0.477 e. The molecule has 2 heterocycles. The molecule has 0 aliphatic rings. The predicted molar refractivity (Wildman–Crippen MR) is 73.4 cm³/mol. The Kier molecular flexibility index (Phi) is 3.74. The number of aromatic nitrogens is 3. The zero-order valence-corrected chi connectivity index (χ0v) is 11.9. The van der Waals surface area contributed by atoms with E-state index in [9.17, 15) is 9.90 Å². The summed E-state index contributed by atoms with van der Waals surface area (Å²) in [6.45, 7) is 7.51. The molecular weight excluding hydrogens is 258 g/mol. The summed E-state index contributed by atoms with van der Waals surface area (Å²) < 4.78 is 7.32. The lowest BCUT2D eigenvalue weighted by atomic mass is 10.1. The van der Waals surface area contributed by atoms with Gasteiger partial charge in [0.2, 0.25) is 5.88 Å². The maximum absolute atomic E-state index is 11.3. The quantitative estimate of drug-likeness (QED) is 0.928. The number of aromatic carboxylic acids is 1. The first-order valence-corrected chi connectivity index (χ1v) is 6.32. The molecule has 2 aromatic rings. The van der Waals surface area contributed by atoms with Crippen molar-refractivity contribution in [2.45, 2.75) is 33.7 Å². The highest BCUT2D eigenvalue weighted by Crippen LogP contribution is 2.26. The van der Waals surface area contributed by atoms with Crippen LogP contribution in [-0.4, -0.2) is 25.8 Å². The van der Waals surface area contributed by atoms with E-state index in [4.69, 9.17) is 4.74 Å². The summed E-state index contributed by atoms with van der Waals surface area (Å²) in [6, 6.07) is 1.92. The Bertz CT molecular complexity index is 647. The van der Waals surface area contributed by atoms with Crippen LogP contribution in [-0.2, 0) is 0 Å². The second-order valence-electron chi connectivity index (χ2n) is 4.92. The number of hydrogen-bond donors (Lipinski definition) is 1. The summed E-state index contributed by atoms with van der Waals surface area (Å²) in [5.41, 5.74) is 1.41. The third-order valence-electron chi connectivity index (χ3n) is 2.85. The molecule has 6 nitrogen and oxygen atoms in total. The third-order valence-corrected chi connectivity index (χ3v) is 2.85. The summed E-state index contributed by atoms with van der Waals surface area (Å²) in [7, 11) is 0. The Labute approximate surface area is 117 Å². The number of pyridine rings is 1. The standard InChI is InChI=1S/C14H17N3O3/c1-8(2)17-7-11(6-15-17)20-13-12(14(18)19)9(3)5-10(4)16-13/h5-8H,1-4H3,(H,18,19). The van der Waals surface area contributed by atoms with Crippen molar-refractivity contribution in [1.82, 2.24) is 14.8 Å². The van der Waals surface area contributed by atoms with Crippen LogP contribution in [0.15, 0.2) is 18.5 Å². The van der Waals surface area contributed by atoms with Crippen molar-refractivity contribution in [3.63, 3.8) is 0 Å². The van der Waals surface area contributed by atoms with Crippen molar-refractivity contribution in [1.29, 1.82) is 0 Å². The number of carboxylic acid groups (broad SMARTS) is 1. The van der Waals surface area contributed by atoms with Crippen LogP contribution < -0.4 is 4.74 Å². The average Bonchev–Trinajstić information content (AvgIpc) is 2.75. The van der Waals surface area contributed by atoms with Gasteiger partial charge in [-0.05, 0) is 39.3 Å². The first-order valence-electron chi connectivity index (χ1n) is 6.32. The van der Waals surface area contributed by atoms with Crippen LogP contribution in [0.25, 0.3) is 0 Å². The molecule has 0 saturated carbocycles. The second-order valence-corrected chi connectivity index (χ2v) is 4.92. The van der Waals surface area contributed by atoms with Crippen LogP contribution in [0.1, 0.15) is 41.5 Å². The molecule has 0 amide bonds. The Hall–Kier alpha value is -2.37. The van der Waals surface area contributed by atoms with Gasteiger partial charge in [0, 0.05) is 11.7 Å². The minimum atomic E-state index is -1.05. The van der Waals surface area contributed by atoms with Crippen LogP contribution in [0.2, 0.25) is 0 Å². The molecule has 0 saturated heterocycles. The lowest BCUT2D eigenvalue weighted by Crippen LogP contribution is -2.06. The summed E-state index contributed by atoms with van der Waals surface area (Å²) in [5.74, 6) is -0.488. The van der Waals surface area contributed by atoms with Gasteiger partial charge in [0.15, 0.2) is 5.75 Å². The molecule has 0 aliphatic heterocycles. The van der Waals surface area contributed by atoms with Gasteiger partial charge in [-0.15, -0.1) is 0 Å². The summed E-state index contributed by atoms with van der Waals surface area (Å²) in [6.07, 6.45) is 3.26. The normalized spacial score (nSPS) is 10.8. The largest absolute Gasteiger partial charge is 0.477 e. The molecule has 0 bridgehead atoms. The molecule has 0 atom stereocenters. The van der Waals surface area contributed by atoms with Gasteiger partial charge >= 0.3 is 5.97 Å². The molecule has 0 aromatic carbocycles. The zero-order chi connectivity index (χ0) is 14.9. The van der Waals surface area contributed by atoms with E-state index in [1.165, 1.54) is 0 Å². The molecule has 1 N–H and O–H groups in total. The molecule has 20 heavy (non-hydrogen) atoms. The van der Waals surface area contributed by atoms with Crippen LogP contribution in [0.3, 0.4) is 0 Å². The lowest BCUT2D eigenvalue weighted by Gasteiger charge is -2.09. The van der Waals surface area contributed by atoms with Gasteiger partial charge in [0.25, 0.3) is 0 Å². The maximum atomic E-state index is 11.3. The van der Waals surface area contributed by atoms with Crippen LogP contribution >= 0.6 is 0 Å². The van der Waals surface area contributed by atoms with Gasteiger partial charge in [0.05, 0.1) is 12.4 Å². The first kappa shape index (κ1) is 14.0. The molecule has 0 unspecified atom stereocenters.